The molecule has 0 amide bonds. The molecule has 2 aromatic rings. The summed E-state index contributed by atoms with van der Waals surface area (Å²) in [6, 6.07) is 8.94. The van der Waals surface area contributed by atoms with Crippen molar-refractivity contribution in [1.29, 1.82) is 5.41 Å². The van der Waals surface area contributed by atoms with Crippen molar-refractivity contribution in [3.63, 3.8) is 0 Å². The van der Waals surface area contributed by atoms with Crippen molar-refractivity contribution in [2.45, 2.75) is 0 Å². The zero-order valence-electron chi connectivity index (χ0n) is 7.60. The molecule has 0 saturated carbocycles. The Morgan fingerprint density at radius 1 is 1.29 bits per heavy atom. The first-order valence-electron chi connectivity index (χ1n) is 4.09. The fourth-order valence-electron chi connectivity index (χ4n) is 1.23. The summed E-state index contributed by atoms with van der Waals surface area (Å²) in [6.07, 6.45) is 0. The van der Waals surface area contributed by atoms with Gasteiger partial charge in [0.15, 0.2) is 0 Å². The molecule has 1 aromatic carbocycles. The Kier molecular flexibility index (Phi) is 1.85. The Balaban J connectivity index is 2.75. The van der Waals surface area contributed by atoms with Crippen LogP contribution >= 0.6 is 0 Å². The smallest absolute Gasteiger partial charge is 0.318 e. The fraction of sp³-hybridized carbons (Fsp3) is 0.111. The van der Waals surface area contributed by atoms with Gasteiger partial charge in [0.05, 0.1) is 5.69 Å². The summed E-state index contributed by atoms with van der Waals surface area (Å²) in [5.74, 6) is -0.552. The number of aromatic nitrogens is 2. The van der Waals surface area contributed by atoms with Crippen molar-refractivity contribution in [2.75, 3.05) is 0 Å². The molecule has 72 valence electrons. The van der Waals surface area contributed by atoms with Gasteiger partial charge in [0.2, 0.25) is 5.62 Å². The maximum absolute atomic E-state index is 11.3. The molecular weight excluding hydrogens is 182 g/mol. The van der Waals surface area contributed by atoms with Crippen molar-refractivity contribution in [3.8, 4) is 5.69 Å². The van der Waals surface area contributed by atoms with E-state index >= 15 is 0 Å². The lowest BCUT2D eigenvalue weighted by molar-refractivity contribution is 0.272. The highest BCUT2D eigenvalue weighted by Crippen LogP contribution is 1.99. The number of para-hydroxylation sites is 1. The van der Waals surface area contributed by atoms with Crippen molar-refractivity contribution >= 4 is 0 Å². The molecule has 0 aliphatic rings. The van der Waals surface area contributed by atoms with Gasteiger partial charge in [-0.15, -0.1) is 0 Å². The number of hydrogen-bond donors (Lipinski definition) is 1. The average Bonchev–Trinajstić information content (AvgIpc) is 2.43. The van der Waals surface area contributed by atoms with Crippen LogP contribution in [0.15, 0.2) is 39.6 Å². The number of nitrogens with one attached hydrogen (secondary N) is 1. The van der Waals surface area contributed by atoms with Gasteiger partial charge in [0.1, 0.15) is 0 Å². The van der Waals surface area contributed by atoms with Crippen LogP contribution in [-0.2, 0) is 7.05 Å². The molecule has 0 radical (unpaired) electrons. The van der Waals surface area contributed by atoms with E-state index < -0.39 is 5.76 Å². The lowest BCUT2D eigenvalue weighted by Crippen LogP contribution is -2.26. The van der Waals surface area contributed by atoms with Crippen LogP contribution in [0.4, 0.5) is 0 Å². The maximum atomic E-state index is 11.3. The van der Waals surface area contributed by atoms with Crippen LogP contribution in [0.2, 0.25) is 0 Å². The molecule has 0 bridgehead atoms. The Morgan fingerprint density at radius 2 is 1.93 bits per heavy atom. The summed E-state index contributed by atoms with van der Waals surface area (Å²) in [7, 11) is 1.52. The first-order valence-corrected chi connectivity index (χ1v) is 4.09. The Bertz CT molecular complexity index is 547. The van der Waals surface area contributed by atoms with Gasteiger partial charge in [-0.05, 0) is 12.1 Å². The largest absolute Gasteiger partial charge is 0.446 e. The van der Waals surface area contributed by atoms with Gasteiger partial charge in [-0.2, -0.15) is 4.74 Å². The molecule has 14 heavy (non-hydrogen) atoms. The monoisotopic (exact) mass is 191 g/mol. The molecule has 1 heterocycles. The molecule has 0 aliphatic carbocycles. The molecule has 0 fully saturated rings. The second-order valence-electron chi connectivity index (χ2n) is 2.85. The summed E-state index contributed by atoms with van der Waals surface area (Å²) in [4.78, 5) is 11.3. The minimum absolute atomic E-state index is 0.0150. The molecule has 0 unspecified atom stereocenters. The van der Waals surface area contributed by atoms with Gasteiger partial charge in [-0.25, -0.2) is 9.36 Å². The van der Waals surface area contributed by atoms with E-state index in [-0.39, 0.29) is 5.62 Å². The van der Waals surface area contributed by atoms with E-state index in [0.717, 1.165) is 4.74 Å². The number of hydrogen-bond acceptors (Lipinski definition) is 3. The molecule has 0 saturated heterocycles. The molecule has 1 aromatic heterocycles. The van der Waals surface area contributed by atoms with Crippen molar-refractivity contribution in [3.05, 3.63) is 46.5 Å². The topological polar surface area (TPSA) is 63.9 Å². The van der Waals surface area contributed by atoms with Crippen molar-refractivity contribution in [2.24, 2.45) is 7.05 Å². The molecule has 0 atom stereocenters. The fourth-order valence-corrected chi connectivity index (χ4v) is 1.23. The zero-order chi connectivity index (χ0) is 10.1. The molecule has 1 N–H and O–H groups in total. The van der Waals surface area contributed by atoms with Crippen LogP contribution < -0.4 is 11.4 Å². The summed E-state index contributed by atoms with van der Waals surface area (Å²) >= 11 is 0. The van der Waals surface area contributed by atoms with Gasteiger partial charge >= 0.3 is 5.76 Å². The first kappa shape index (κ1) is 8.55. The van der Waals surface area contributed by atoms with E-state index in [2.05, 4.69) is 0 Å². The summed E-state index contributed by atoms with van der Waals surface area (Å²) < 4.78 is 7.05. The SMILES string of the molecule is Cn1oc(=O)n(-c2ccccc2)c1=N. The lowest BCUT2D eigenvalue weighted by atomic mass is 10.3. The van der Waals surface area contributed by atoms with Crippen LogP contribution in [0.1, 0.15) is 0 Å². The van der Waals surface area contributed by atoms with E-state index in [1.165, 1.54) is 11.6 Å². The van der Waals surface area contributed by atoms with E-state index in [0.29, 0.717) is 5.69 Å². The van der Waals surface area contributed by atoms with Gasteiger partial charge in [-0.1, -0.05) is 18.2 Å². The zero-order valence-corrected chi connectivity index (χ0v) is 7.60. The first-order chi connectivity index (χ1) is 6.70. The standard InChI is InChI=1S/C9H9N3O2/c1-11-8(10)12(9(13)14-11)7-5-3-2-4-6-7/h2-6,10H,1H3. The van der Waals surface area contributed by atoms with Crippen molar-refractivity contribution < 1.29 is 4.52 Å². The number of aryl methyl sites for hydroxylation is 1. The van der Waals surface area contributed by atoms with Gasteiger partial charge in [-0.3, -0.25) is 5.41 Å². The van der Waals surface area contributed by atoms with E-state index in [1.807, 2.05) is 6.07 Å². The highest BCUT2D eigenvalue weighted by atomic mass is 16.5. The van der Waals surface area contributed by atoms with Gasteiger partial charge in [0.25, 0.3) is 0 Å². The molecule has 0 aliphatic heterocycles. The van der Waals surface area contributed by atoms with Crippen LogP contribution in [0, 0.1) is 5.41 Å². The number of nitrogens with zero attached hydrogens (tertiary/aromatic N) is 2. The molecule has 0 spiro atoms. The lowest BCUT2D eigenvalue weighted by Gasteiger charge is -1.96. The summed E-state index contributed by atoms with van der Waals surface area (Å²) in [5.41, 5.74) is 0.646. The minimum Gasteiger partial charge on any atom is -0.318 e. The third-order valence-corrected chi connectivity index (χ3v) is 1.92. The van der Waals surface area contributed by atoms with Crippen LogP contribution in [0.25, 0.3) is 5.69 Å². The van der Waals surface area contributed by atoms with Crippen molar-refractivity contribution in [1.82, 2.24) is 9.31 Å². The second kappa shape index (κ2) is 3.02. The predicted octanol–water partition coefficient (Wildman–Crippen LogP) is 0.248. The Hall–Kier alpha value is -2.04. The molecule has 2 rings (SSSR count). The van der Waals surface area contributed by atoms with E-state index in [4.69, 9.17) is 9.93 Å². The minimum atomic E-state index is -0.552. The predicted molar refractivity (Wildman–Crippen MR) is 49.1 cm³/mol. The normalized spacial score (nSPS) is 10.4. The van der Waals surface area contributed by atoms with E-state index in [1.54, 1.807) is 24.3 Å². The molecule has 5 nitrogen and oxygen atoms in total. The van der Waals surface area contributed by atoms with Crippen LogP contribution in [0.3, 0.4) is 0 Å². The average molecular weight is 191 g/mol. The Labute approximate surface area is 79.3 Å². The highest BCUT2D eigenvalue weighted by molar-refractivity contribution is 5.29. The summed E-state index contributed by atoms with van der Waals surface area (Å²) in [6.45, 7) is 0. The maximum Gasteiger partial charge on any atom is 0.446 e. The Morgan fingerprint density at radius 3 is 2.43 bits per heavy atom. The van der Waals surface area contributed by atoms with Crippen LogP contribution in [-0.4, -0.2) is 9.31 Å². The third-order valence-electron chi connectivity index (χ3n) is 1.92. The highest BCUT2D eigenvalue weighted by Gasteiger charge is 2.06. The quantitative estimate of drug-likeness (QED) is 0.702. The molecule has 5 heteroatoms. The van der Waals surface area contributed by atoms with E-state index in [9.17, 15) is 4.79 Å². The van der Waals surface area contributed by atoms with Gasteiger partial charge in [0, 0.05) is 7.05 Å². The molecular formula is C9H9N3O2. The number of rotatable bonds is 1. The van der Waals surface area contributed by atoms with Gasteiger partial charge < -0.3 is 4.52 Å². The van der Waals surface area contributed by atoms with Crippen LogP contribution in [0.5, 0.6) is 0 Å². The second-order valence-corrected chi connectivity index (χ2v) is 2.85. The third kappa shape index (κ3) is 1.19. The summed E-state index contributed by atoms with van der Waals surface area (Å²) in [5, 5.41) is 7.59. The number of benzene rings is 1.